The molecule has 1 fully saturated rings. The second-order valence-electron chi connectivity index (χ2n) is 4.68. The SMILES string of the molecule is C/C(=C\C(=O)NC1CCCC1)c1ccccc1. The van der Waals surface area contributed by atoms with Crippen molar-refractivity contribution in [3.63, 3.8) is 0 Å². The van der Waals surface area contributed by atoms with E-state index >= 15 is 0 Å². The van der Waals surface area contributed by atoms with Crippen molar-refractivity contribution in [1.29, 1.82) is 0 Å². The standard InChI is InChI=1S/C15H19NO/c1-12(13-7-3-2-4-8-13)11-15(17)16-14-9-5-6-10-14/h2-4,7-8,11,14H,5-6,9-10H2,1H3,(H,16,17)/b12-11+. The summed E-state index contributed by atoms with van der Waals surface area (Å²) >= 11 is 0. The number of amides is 1. The monoisotopic (exact) mass is 229 g/mol. The van der Waals surface area contributed by atoms with Gasteiger partial charge in [0, 0.05) is 12.1 Å². The molecule has 1 saturated carbocycles. The predicted octanol–water partition coefficient (Wildman–Crippen LogP) is 3.15. The third kappa shape index (κ3) is 3.45. The molecule has 17 heavy (non-hydrogen) atoms. The van der Waals surface area contributed by atoms with E-state index in [1.807, 2.05) is 37.3 Å². The van der Waals surface area contributed by atoms with E-state index in [2.05, 4.69) is 5.32 Å². The van der Waals surface area contributed by atoms with Crippen LogP contribution >= 0.6 is 0 Å². The number of rotatable bonds is 3. The number of allylic oxidation sites excluding steroid dienone is 1. The fourth-order valence-corrected chi connectivity index (χ4v) is 2.29. The summed E-state index contributed by atoms with van der Waals surface area (Å²) < 4.78 is 0. The second-order valence-corrected chi connectivity index (χ2v) is 4.68. The Morgan fingerprint density at radius 2 is 1.88 bits per heavy atom. The van der Waals surface area contributed by atoms with Crippen molar-refractivity contribution in [3.8, 4) is 0 Å². The summed E-state index contributed by atoms with van der Waals surface area (Å²) in [7, 11) is 0. The van der Waals surface area contributed by atoms with Gasteiger partial charge in [-0.3, -0.25) is 4.79 Å². The van der Waals surface area contributed by atoms with E-state index < -0.39 is 0 Å². The van der Waals surface area contributed by atoms with Gasteiger partial charge < -0.3 is 5.32 Å². The number of benzene rings is 1. The van der Waals surface area contributed by atoms with Gasteiger partial charge in [-0.15, -0.1) is 0 Å². The van der Waals surface area contributed by atoms with Gasteiger partial charge in [-0.05, 0) is 30.9 Å². The lowest BCUT2D eigenvalue weighted by atomic mass is 10.1. The second kappa shape index (κ2) is 5.67. The van der Waals surface area contributed by atoms with Gasteiger partial charge in [0.25, 0.3) is 0 Å². The van der Waals surface area contributed by atoms with Crippen molar-refractivity contribution in [2.75, 3.05) is 0 Å². The molecule has 1 N–H and O–H groups in total. The largest absolute Gasteiger partial charge is 0.350 e. The molecule has 1 aliphatic carbocycles. The summed E-state index contributed by atoms with van der Waals surface area (Å²) in [6, 6.07) is 10.4. The van der Waals surface area contributed by atoms with Crippen LogP contribution in [0.15, 0.2) is 36.4 Å². The van der Waals surface area contributed by atoms with Crippen LogP contribution in [0, 0.1) is 0 Å². The van der Waals surface area contributed by atoms with Gasteiger partial charge in [-0.1, -0.05) is 43.2 Å². The van der Waals surface area contributed by atoms with Crippen LogP contribution in [-0.2, 0) is 4.79 Å². The topological polar surface area (TPSA) is 29.1 Å². The third-order valence-corrected chi connectivity index (χ3v) is 3.28. The van der Waals surface area contributed by atoms with Crippen LogP contribution in [0.1, 0.15) is 38.2 Å². The first-order valence-electron chi connectivity index (χ1n) is 6.30. The zero-order valence-corrected chi connectivity index (χ0v) is 10.3. The van der Waals surface area contributed by atoms with Gasteiger partial charge in [-0.2, -0.15) is 0 Å². The van der Waals surface area contributed by atoms with Crippen LogP contribution in [-0.4, -0.2) is 11.9 Å². The van der Waals surface area contributed by atoms with E-state index in [1.165, 1.54) is 12.8 Å². The van der Waals surface area contributed by atoms with E-state index in [9.17, 15) is 4.79 Å². The molecule has 0 heterocycles. The molecule has 2 heteroatoms. The highest BCUT2D eigenvalue weighted by Crippen LogP contribution is 2.18. The Kier molecular flexibility index (Phi) is 3.97. The Hall–Kier alpha value is -1.57. The molecule has 0 atom stereocenters. The maximum Gasteiger partial charge on any atom is 0.244 e. The zero-order valence-electron chi connectivity index (χ0n) is 10.3. The van der Waals surface area contributed by atoms with Crippen molar-refractivity contribution in [1.82, 2.24) is 5.32 Å². The summed E-state index contributed by atoms with van der Waals surface area (Å²) in [5, 5.41) is 3.06. The van der Waals surface area contributed by atoms with Crippen molar-refractivity contribution < 1.29 is 4.79 Å². The number of nitrogens with one attached hydrogen (secondary N) is 1. The summed E-state index contributed by atoms with van der Waals surface area (Å²) in [6.07, 6.45) is 6.44. The molecule has 0 bridgehead atoms. The van der Waals surface area contributed by atoms with Crippen LogP contribution in [0.2, 0.25) is 0 Å². The molecule has 2 rings (SSSR count). The minimum absolute atomic E-state index is 0.0400. The normalized spacial score (nSPS) is 17.1. The number of hydrogen-bond donors (Lipinski definition) is 1. The maximum absolute atomic E-state index is 11.8. The molecular formula is C15H19NO. The maximum atomic E-state index is 11.8. The summed E-state index contributed by atoms with van der Waals surface area (Å²) in [6.45, 7) is 1.98. The Bertz CT molecular complexity index is 402. The fourth-order valence-electron chi connectivity index (χ4n) is 2.29. The molecule has 1 aromatic rings. The van der Waals surface area contributed by atoms with Gasteiger partial charge in [0.15, 0.2) is 0 Å². The average molecular weight is 229 g/mol. The first-order valence-corrected chi connectivity index (χ1v) is 6.30. The highest BCUT2D eigenvalue weighted by molar-refractivity contribution is 5.94. The minimum atomic E-state index is 0.0400. The first-order chi connectivity index (χ1) is 8.25. The number of carbonyl (C=O) groups excluding carboxylic acids is 1. The third-order valence-electron chi connectivity index (χ3n) is 3.28. The van der Waals surface area contributed by atoms with E-state index in [-0.39, 0.29) is 5.91 Å². The van der Waals surface area contributed by atoms with Crippen molar-refractivity contribution in [2.24, 2.45) is 0 Å². The Morgan fingerprint density at radius 1 is 1.24 bits per heavy atom. The van der Waals surface area contributed by atoms with E-state index in [4.69, 9.17) is 0 Å². The van der Waals surface area contributed by atoms with Crippen molar-refractivity contribution >= 4 is 11.5 Å². The van der Waals surface area contributed by atoms with E-state index in [0.717, 1.165) is 24.0 Å². The summed E-state index contributed by atoms with van der Waals surface area (Å²) in [5.74, 6) is 0.0400. The zero-order chi connectivity index (χ0) is 12.1. The van der Waals surface area contributed by atoms with Crippen molar-refractivity contribution in [2.45, 2.75) is 38.6 Å². The Labute approximate surface area is 103 Å². The van der Waals surface area contributed by atoms with Crippen molar-refractivity contribution in [3.05, 3.63) is 42.0 Å². The molecule has 0 radical (unpaired) electrons. The molecule has 2 nitrogen and oxygen atoms in total. The lowest BCUT2D eigenvalue weighted by Crippen LogP contribution is -2.31. The summed E-state index contributed by atoms with van der Waals surface area (Å²) in [4.78, 5) is 11.8. The summed E-state index contributed by atoms with van der Waals surface area (Å²) in [5.41, 5.74) is 2.12. The molecule has 0 saturated heterocycles. The molecule has 1 amide bonds. The quantitative estimate of drug-likeness (QED) is 0.793. The number of hydrogen-bond acceptors (Lipinski definition) is 1. The Morgan fingerprint density at radius 3 is 2.53 bits per heavy atom. The van der Waals surface area contributed by atoms with Crippen LogP contribution in [0.25, 0.3) is 5.57 Å². The molecule has 0 aliphatic heterocycles. The highest BCUT2D eigenvalue weighted by Gasteiger charge is 2.15. The average Bonchev–Trinajstić information content (AvgIpc) is 2.82. The van der Waals surface area contributed by atoms with Crippen LogP contribution in [0.3, 0.4) is 0 Å². The van der Waals surface area contributed by atoms with E-state index in [0.29, 0.717) is 6.04 Å². The lowest BCUT2D eigenvalue weighted by Gasteiger charge is -2.10. The molecule has 0 spiro atoms. The van der Waals surface area contributed by atoms with Gasteiger partial charge in [0.05, 0.1) is 0 Å². The van der Waals surface area contributed by atoms with Crippen LogP contribution < -0.4 is 5.32 Å². The fraction of sp³-hybridized carbons (Fsp3) is 0.400. The predicted molar refractivity (Wildman–Crippen MR) is 70.5 cm³/mol. The number of carbonyl (C=O) groups is 1. The van der Waals surface area contributed by atoms with Gasteiger partial charge >= 0.3 is 0 Å². The van der Waals surface area contributed by atoms with Gasteiger partial charge in [0.2, 0.25) is 5.91 Å². The highest BCUT2D eigenvalue weighted by atomic mass is 16.1. The molecule has 1 aliphatic rings. The Balaban J connectivity index is 1.96. The smallest absolute Gasteiger partial charge is 0.244 e. The van der Waals surface area contributed by atoms with Gasteiger partial charge in [0.1, 0.15) is 0 Å². The molecule has 1 aromatic carbocycles. The van der Waals surface area contributed by atoms with E-state index in [1.54, 1.807) is 6.08 Å². The molecular weight excluding hydrogens is 210 g/mol. The lowest BCUT2D eigenvalue weighted by molar-refractivity contribution is -0.117. The van der Waals surface area contributed by atoms with Crippen LogP contribution in [0.5, 0.6) is 0 Å². The molecule has 0 unspecified atom stereocenters. The molecule has 0 aromatic heterocycles. The van der Waals surface area contributed by atoms with Gasteiger partial charge in [-0.25, -0.2) is 0 Å². The molecule has 90 valence electrons. The minimum Gasteiger partial charge on any atom is -0.350 e. The van der Waals surface area contributed by atoms with Crippen LogP contribution in [0.4, 0.5) is 0 Å². The first kappa shape index (κ1) is 11.9.